The zero-order chi connectivity index (χ0) is 16.7. The Kier molecular flexibility index (Phi) is 9.61. The summed E-state index contributed by atoms with van der Waals surface area (Å²) in [5.74, 6) is 4.01. The molecule has 138 valence electrons. The molecule has 0 amide bonds. The summed E-state index contributed by atoms with van der Waals surface area (Å²) in [7, 11) is 0. The predicted molar refractivity (Wildman–Crippen MR) is 108 cm³/mol. The monoisotopic (exact) mass is 449 g/mol. The quantitative estimate of drug-likeness (QED) is 0.393. The summed E-state index contributed by atoms with van der Waals surface area (Å²) >= 11 is 0. The summed E-state index contributed by atoms with van der Waals surface area (Å²) in [6, 6.07) is 0. The topological polar surface area (TPSA) is 66.5 Å². The number of halogens is 1. The number of rotatable bonds is 7. The standard InChI is InChI=1S/C17H31N5O.HI/c1-5-14(6-2)15-9-11-22(12-15)17(18-7-3)19-10-8-16-20-13(4)21-23-16;/h14-15H,5-12H2,1-4H3,(H,18,19);1H. The lowest BCUT2D eigenvalue weighted by Gasteiger charge is -2.24. The molecule has 1 aliphatic rings. The highest BCUT2D eigenvalue weighted by Crippen LogP contribution is 2.28. The average molecular weight is 449 g/mol. The Morgan fingerprint density at radius 3 is 2.71 bits per heavy atom. The number of nitrogens with one attached hydrogen (secondary N) is 1. The number of guanidine groups is 1. The first-order chi connectivity index (χ1) is 11.2. The molecule has 2 heterocycles. The molecular weight excluding hydrogens is 417 g/mol. The lowest BCUT2D eigenvalue weighted by atomic mass is 9.87. The molecule has 6 nitrogen and oxygen atoms in total. The second-order valence-electron chi connectivity index (χ2n) is 6.29. The molecule has 0 aliphatic carbocycles. The van der Waals surface area contributed by atoms with E-state index in [4.69, 9.17) is 9.52 Å². The van der Waals surface area contributed by atoms with Crippen molar-refractivity contribution >= 4 is 29.9 Å². The van der Waals surface area contributed by atoms with Gasteiger partial charge >= 0.3 is 0 Å². The van der Waals surface area contributed by atoms with Crippen LogP contribution in [-0.2, 0) is 6.42 Å². The number of aliphatic imine (C=N–C) groups is 1. The van der Waals surface area contributed by atoms with Crippen LogP contribution in [0.25, 0.3) is 0 Å². The highest BCUT2D eigenvalue weighted by Gasteiger charge is 2.29. The van der Waals surface area contributed by atoms with E-state index in [1.54, 1.807) is 0 Å². The van der Waals surface area contributed by atoms with Crippen LogP contribution in [0.1, 0.15) is 51.7 Å². The largest absolute Gasteiger partial charge is 0.357 e. The molecular formula is C17H32IN5O. The van der Waals surface area contributed by atoms with Gasteiger partial charge in [-0.05, 0) is 32.1 Å². The van der Waals surface area contributed by atoms with Crippen molar-refractivity contribution in [2.75, 3.05) is 26.2 Å². The lowest BCUT2D eigenvalue weighted by Crippen LogP contribution is -2.40. The second kappa shape index (κ2) is 10.9. The van der Waals surface area contributed by atoms with Crippen molar-refractivity contribution in [2.45, 2.75) is 53.4 Å². The van der Waals surface area contributed by atoms with Crippen LogP contribution in [0.15, 0.2) is 9.52 Å². The fourth-order valence-corrected chi connectivity index (χ4v) is 3.44. The van der Waals surface area contributed by atoms with Gasteiger partial charge in [0.1, 0.15) is 0 Å². The molecule has 1 unspecified atom stereocenters. The summed E-state index contributed by atoms with van der Waals surface area (Å²) in [4.78, 5) is 11.4. The Bertz CT molecular complexity index is 501. The van der Waals surface area contributed by atoms with Crippen LogP contribution in [0.3, 0.4) is 0 Å². The molecule has 0 radical (unpaired) electrons. The zero-order valence-electron chi connectivity index (χ0n) is 15.4. The van der Waals surface area contributed by atoms with Gasteiger partial charge in [-0.25, -0.2) is 0 Å². The van der Waals surface area contributed by atoms with Gasteiger partial charge in [-0.3, -0.25) is 4.99 Å². The summed E-state index contributed by atoms with van der Waals surface area (Å²) in [6.45, 7) is 12.4. The molecule has 0 saturated carbocycles. The van der Waals surface area contributed by atoms with E-state index >= 15 is 0 Å². The smallest absolute Gasteiger partial charge is 0.228 e. The van der Waals surface area contributed by atoms with Crippen LogP contribution in [-0.4, -0.2) is 47.2 Å². The second-order valence-corrected chi connectivity index (χ2v) is 6.29. The van der Waals surface area contributed by atoms with Crippen LogP contribution >= 0.6 is 24.0 Å². The van der Waals surface area contributed by atoms with Crippen LogP contribution in [0, 0.1) is 18.8 Å². The minimum absolute atomic E-state index is 0. The van der Waals surface area contributed by atoms with E-state index in [9.17, 15) is 0 Å². The van der Waals surface area contributed by atoms with Crippen LogP contribution in [0.4, 0.5) is 0 Å². The molecule has 2 rings (SSSR count). The molecule has 1 aromatic heterocycles. The van der Waals surface area contributed by atoms with E-state index in [-0.39, 0.29) is 24.0 Å². The van der Waals surface area contributed by atoms with Gasteiger partial charge < -0.3 is 14.7 Å². The number of hydrogen-bond acceptors (Lipinski definition) is 4. The van der Waals surface area contributed by atoms with Gasteiger partial charge in [-0.15, -0.1) is 24.0 Å². The number of likely N-dealkylation sites (tertiary alicyclic amines) is 1. The Hall–Kier alpha value is -0.860. The van der Waals surface area contributed by atoms with Crippen molar-refractivity contribution in [1.82, 2.24) is 20.4 Å². The molecule has 1 atom stereocenters. The summed E-state index contributed by atoms with van der Waals surface area (Å²) < 4.78 is 5.14. The Labute approximate surface area is 162 Å². The van der Waals surface area contributed by atoms with Gasteiger partial charge in [0.05, 0.1) is 6.54 Å². The van der Waals surface area contributed by atoms with E-state index in [0.717, 1.165) is 37.4 Å². The van der Waals surface area contributed by atoms with Crippen molar-refractivity contribution in [1.29, 1.82) is 0 Å². The molecule has 0 spiro atoms. The van der Waals surface area contributed by atoms with Crippen molar-refractivity contribution in [3.8, 4) is 0 Å². The summed E-state index contributed by atoms with van der Waals surface area (Å²) in [5, 5.41) is 7.24. The van der Waals surface area contributed by atoms with E-state index in [1.165, 1.54) is 19.3 Å². The van der Waals surface area contributed by atoms with Gasteiger partial charge in [0.2, 0.25) is 5.89 Å². The third-order valence-corrected chi connectivity index (χ3v) is 4.73. The van der Waals surface area contributed by atoms with Crippen LogP contribution in [0.2, 0.25) is 0 Å². The number of aromatic nitrogens is 2. The molecule has 1 N–H and O–H groups in total. The van der Waals surface area contributed by atoms with Gasteiger partial charge in [0.25, 0.3) is 0 Å². The maximum absolute atomic E-state index is 5.14. The average Bonchev–Trinajstić information content (AvgIpc) is 3.17. The zero-order valence-corrected chi connectivity index (χ0v) is 17.7. The minimum Gasteiger partial charge on any atom is -0.357 e. The number of nitrogens with zero attached hydrogens (tertiary/aromatic N) is 4. The molecule has 1 saturated heterocycles. The van der Waals surface area contributed by atoms with Crippen LogP contribution < -0.4 is 5.32 Å². The van der Waals surface area contributed by atoms with Gasteiger partial charge in [0, 0.05) is 26.1 Å². The fourth-order valence-electron chi connectivity index (χ4n) is 3.44. The van der Waals surface area contributed by atoms with Crippen molar-refractivity contribution in [3.63, 3.8) is 0 Å². The summed E-state index contributed by atoms with van der Waals surface area (Å²) in [5.41, 5.74) is 0. The highest BCUT2D eigenvalue weighted by molar-refractivity contribution is 14.0. The van der Waals surface area contributed by atoms with E-state index in [2.05, 4.69) is 41.1 Å². The van der Waals surface area contributed by atoms with Gasteiger partial charge in [-0.1, -0.05) is 31.8 Å². The molecule has 1 aliphatic heterocycles. The normalized spacial score (nSPS) is 18.1. The third-order valence-electron chi connectivity index (χ3n) is 4.73. The summed E-state index contributed by atoms with van der Waals surface area (Å²) in [6.07, 6.45) is 4.53. The van der Waals surface area contributed by atoms with Crippen molar-refractivity contribution < 1.29 is 4.52 Å². The molecule has 1 fully saturated rings. The SMILES string of the molecule is CCNC(=NCCc1nc(C)no1)N1CCC(C(CC)CC)C1.I. The fraction of sp³-hybridized carbons (Fsp3) is 0.824. The first-order valence-electron chi connectivity index (χ1n) is 9.00. The van der Waals surface area contributed by atoms with E-state index in [1.807, 2.05) is 6.92 Å². The Morgan fingerprint density at radius 2 is 2.12 bits per heavy atom. The first-order valence-corrected chi connectivity index (χ1v) is 9.00. The maximum Gasteiger partial charge on any atom is 0.228 e. The number of aryl methyl sites for hydroxylation is 1. The Balaban J connectivity index is 0.00000288. The van der Waals surface area contributed by atoms with Gasteiger partial charge in [0.15, 0.2) is 11.8 Å². The molecule has 24 heavy (non-hydrogen) atoms. The maximum atomic E-state index is 5.14. The highest BCUT2D eigenvalue weighted by atomic mass is 127. The third kappa shape index (κ3) is 5.89. The Morgan fingerprint density at radius 1 is 1.38 bits per heavy atom. The first kappa shape index (κ1) is 21.2. The van der Waals surface area contributed by atoms with E-state index in [0.29, 0.717) is 24.7 Å². The lowest BCUT2D eigenvalue weighted by molar-refractivity contribution is 0.319. The van der Waals surface area contributed by atoms with Crippen molar-refractivity contribution in [2.24, 2.45) is 16.8 Å². The van der Waals surface area contributed by atoms with Gasteiger partial charge in [-0.2, -0.15) is 4.98 Å². The van der Waals surface area contributed by atoms with Crippen molar-refractivity contribution in [3.05, 3.63) is 11.7 Å². The van der Waals surface area contributed by atoms with Crippen LogP contribution in [0.5, 0.6) is 0 Å². The molecule has 0 bridgehead atoms. The molecule has 7 heteroatoms. The molecule has 0 aromatic carbocycles. The number of hydrogen-bond donors (Lipinski definition) is 1. The minimum atomic E-state index is 0. The van der Waals surface area contributed by atoms with E-state index < -0.39 is 0 Å². The molecule has 1 aromatic rings. The predicted octanol–water partition coefficient (Wildman–Crippen LogP) is 3.26.